The van der Waals surface area contributed by atoms with Gasteiger partial charge in [0.15, 0.2) is 6.10 Å². The van der Waals surface area contributed by atoms with Gasteiger partial charge >= 0.3 is 0 Å². The number of ether oxygens (including phenoxy) is 1. The van der Waals surface area contributed by atoms with Gasteiger partial charge in [0.25, 0.3) is 5.91 Å². The van der Waals surface area contributed by atoms with Crippen molar-refractivity contribution in [2.24, 2.45) is 5.92 Å². The van der Waals surface area contributed by atoms with Crippen LogP contribution < -0.4 is 4.74 Å². The van der Waals surface area contributed by atoms with E-state index in [1.54, 1.807) is 0 Å². The minimum atomic E-state index is -0.416. The Balaban J connectivity index is 2.02. The molecule has 3 nitrogen and oxygen atoms in total. The van der Waals surface area contributed by atoms with Crippen molar-refractivity contribution < 1.29 is 9.53 Å². The first-order valence-corrected chi connectivity index (χ1v) is 7.50. The molecule has 2 unspecified atom stereocenters. The molecule has 20 heavy (non-hydrogen) atoms. The SMILES string of the molecule is Cc1cccc(OC(C)C(=O)N2CCCC(C)C2)c1C. The first-order valence-electron chi connectivity index (χ1n) is 7.50. The molecule has 1 amide bonds. The molecule has 0 aliphatic carbocycles. The van der Waals surface area contributed by atoms with Crippen molar-refractivity contribution in [1.29, 1.82) is 0 Å². The molecule has 0 bridgehead atoms. The zero-order chi connectivity index (χ0) is 14.7. The Morgan fingerprint density at radius 3 is 2.85 bits per heavy atom. The fourth-order valence-electron chi connectivity index (χ4n) is 2.74. The van der Waals surface area contributed by atoms with Gasteiger partial charge in [-0.05, 0) is 56.7 Å². The van der Waals surface area contributed by atoms with Crippen LogP contribution in [0.15, 0.2) is 18.2 Å². The predicted octanol–water partition coefficient (Wildman–Crippen LogP) is 3.33. The molecule has 2 atom stereocenters. The number of rotatable bonds is 3. The van der Waals surface area contributed by atoms with Crippen molar-refractivity contribution in [3.05, 3.63) is 29.3 Å². The molecule has 0 spiro atoms. The monoisotopic (exact) mass is 275 g/mol. The molecule has 1 heterocycles. The Labute approximate surface area is 121 Å². The van der Waals surface area contributed by atoms with Gasteiger partial charge in [0.2, 0.25) is 0 Å². The number of aryl methyl sites for hydroxylation is 1. The molecule has 0 radical (unpaired) electrons. The summed E-state index contributed by atoms with van der Waals surface area (Å²) >= 11 is 0. The van der Waals surface area contributed by atoms with Crippen LogP contribution in [0.25, 0.3) is 0 Å². The lowest BCUT2D eigenvalue weighted by Crippen LogP contribution is -2.45. The highest BCUT2D eigenvalue weighted by atomic mass is 16.5. The third-order valence-corrected chi connectivity index (χ3v) is 4.18. The maximum Gasteiger partial charge on any atom is 0.263 e. The van der Waals surface area contributed by atoms with Gasteiger partial charge in [0.1, 0.15) is 5.75 Å². The maximum atomic E-state index is 12.4. The topological polar surface area (TPSA) is 29.5 Å². The van der Waals surface area contributed by atoms with Crippen LogP contribution in [-0.2, 0) is 4.79 Å². The van der Waals surface area contributed by atoms with Crippen LogP contribution in [0, 0.1) is 19.8 Å². The summed E-state index contributed by atoms with van der Waals surface area (Å²) in [6.45, 7) is 9.87. The largest absolute Gasteiger partial charge is 0.481 e. The highest BCUT2D eigenvalue weighted by molar-refractivity contribution is 5.81. The normalized spacial score (nSPS) is 20.6. The first kappa shape index (κ1) is 14.9. The number of likely N-dealkylation sites (tertiary alicyclic amines) is 1. The number of benzene rings is 1. The second-order valence-corrected chi connectivity index (χ2v) is 5.99. The van der Waals surface area contributed by atoms with E-state index in [2.05, 4.69) is 19.9 Å². The lowest BCUT2D eigenvalue weighted by atomic mass is 10.00. The smallest absolute Gasteiger partial charge is 0.263 e. The Hall–Kier alpha value is -1.51. The van der Waals surface area contributed by atoms with E-state index in [0.717, 1.165) is 30.8 Å². The van der Waals surface area contributed by atoms with Gasteiger partial charge in [-0.25, -0.2) is 0 Å². The van der Waals surface area contributed by atoms with Crippen LogP contribution >= 0.6 is 0 Å². The summed E-state index contributed by atoms with van der Waals surface area (Å²) in [7, 11) is 0. The Kier molecular flexibility index (Phi) is 4.69. The number of hydrogen-bond donors (Lipinski definition) is 0. The molecule has 1 fully saturated rings. The Morgan fingerprint density at radius 2 is 2.15 bits per heavy atom. The van der Waals surface area contributed by atoms with Crippen LogP contribution in [0.2, 0.25) is 0 Å². The summed E-state index contributed by atoms with van der Waals surface area (Å²) in [5.41, 5.74) is 2.30. The molecule has 0 N–H and O–H groups in total. The first-order chi connectivity index (χ1) is 9.49. The van der Waals surface area contributed by atoms with Crippen molar-refractivity contribution in [3.63, 3.8) is 0 Å². The van der Waals surface area contributed by atoms with Crippen molar-refractivity contribution in [3.8, 4) is 5.75 Å². The van der Waals surface area contributed by atoms with E-state index >= 15 is 0 Å². The molecule has 110 valence electrons. The molecule has 1 saturated heterocycles. The predicted molar refractivity (Wildman–Crippen MR) is 81.0 cm³/mol. The summed E-state index contributed by atoms with van der Waals surface area (Å²) in [6.07, 6.45) is 1.90. The minimum Gasteiger partial charge on any atom is -0.481 e. The Morgan fingerprint density at radius 1 is 1.40 bits per heavy atom. The molecule has 0 aromatic heterocycles. The third-order valence-electron chi connectivity index (χ3n) is 4.18. The van der Waals surface area contributed by atoms with Gasteiger partial charge in [0.05, 0.1) is 0 Å². The summed E-state index contributed by atoms with van der Waals surface area (Å²) in [6, 6.07) is 5.96. The molecule has 3 heteroatoms. The molecule has 1 aromatic carbocycles. The summed E-state index contributed by atoms with van der Waals surface area (Å²) in [5, 5.41) is 0. The molecule has 2 rings (SSSR count). The van der Waals surface area contributed by atoms with Gasteiger partial charge in [0, 0.05) is 13.1 Å². The minimum absolute atomic E-state index is 0.109. The van der Waals surface area contributed by atoms with Crippen LogP contribution in [0.5, 0.6) is 5.75 Å². The molecular weight excluding hydrogens is 250 g/mol. The second-order valence-electron chi connectivity index (χ2n) is 5.99. The number of piperidine rings is 1. The van der Waals surface area contributed by atoms with Gasteiger partial charge in [-0.1, -0.05) is 19.1 Å². The van der Waals surface area contributed by atoms with Crippen molar-refractivity contribution in [2.75, 3.05) is 13.1 Å². The molecule has 1 aliphatic heterocycles. The molecule has 0 saturated carbocycles. The quantitative estimate of drug-likeness (QED) is 0.847. The van der Waals surface area contributed by atoms with E-state index in [1.807, 2.05) is 30.9 Å². The fourth-order valence-corrected chi connectivity index (χ4v) is 2.74. The number of carbonyl (C=O) groups is 1. The Bertz CT molecular complexity index is 484. The van der Waals surface area contributed by atoms with E-state index in [-0.39, 0.29) is 5.91 Å². The van der Waals surface area contributed by atoms with Gasteiger partial charge in [-0.3, -0.25) is 4.79 Å². The van der Waals surface area contributed by atoms with E-state index in [4.69, 9.17) is 4.74 Å². The zero-order valence-corrected chi connectivity index (χ0v) is 13.0. The van der Waals surface area contributed by atoms with Gasteiger partial charge in [-0.15, -0.1) is 0 Å². The van der Waals surface area contributed by atoms with Gasteiger partial charge < -0.3 is 9.64 Å². The van der Waals surface area contributed by atoms with Crippen molar-refractivity contribution >= 4 is 5.91 Å². The van der Waals surface area contributed by atoms with Gasteiger partial charge in [-0.2, -0.15) is 0 Å². The summed E-state index contributed by atoms with van der Waals surface area (Å²) in [5.74, 6) is 1.52. The fraction of sp³-hybridized carbons (Fsp3) is 0.588. The van der Waals surface area contributed by atoms with E-state index in [9.17, 15) is 4.79 Å². The number of hydrogen-bond acceptors (Lipinski definition) is 2. The van der Waals surface area contributed by atoms with Crippen molar-refractivity contribution in [2.45, 2.75) is 46.6 Å². The summed E-state index contributed by atoms with van der Waals surface area (Å²) in [4.78, 5) is 14.4. The van der Waals surface area contributed by atoms with E-state index in [0.29, 0.717) is 5.92 Å². The number of amides is 1. The van der Waals surface area contributed by atoms with Crippen LogP contribution in [-0.4, -0.2) is 30.0 Å². The van der Waals surface area contributed by atoms with E-state index < -0.39 is 6.10 Å². The lowest BCUT2D eigenvalue weighted by Gasteiger charge is -2.32. The lowest BCUT2D eigenvalue weighted by molar-refractivity contribution is -0.139. The maximum absolute atomic E-state index is 12.4. The summed E-state index contributed by atoms with van der Waals surface area (Å²) < 4.78 is 5.88. The average molecular weight is 275 g/mol. The molecule has 1 aliphatic rings. The van der Waals surface area contributed by atoms with Crippen LogP contribution in [0.1, 0.15) is 37.8 Å². The van der Waals surface area contributed by atoms with Crippen molar-refractivity contribution in [1.82, 2.24) is 4.90 Å². The zero-order valence-electron chi connectivity index (χ0n) is 13.0. The van der Waals surface area contributed by atoms with E-state index in [1.165, 1.54) is 12.0 Å². The average Bonchev–Trinajstić information content (AvgIpc) is 2.43. The second kappa shape index (κ2) is 6.29. The highest BCUT2D eigenvalue weighted by Gasteiger charge is 2.26. The number of nitrogens with zero attached hydrogens (tertiary/aromatic N) is 1. The van der Waals surface area contributed by atoms with Crippen LogP contribution in [0.3, 0.4) is 0 Å². The third kappa shape index (κ3) is 3.33. The standard InChI is InChI=1S/C17H25NO2/c1-12-7-6-10-18(11-12)17(19)15(4)20-16-9-5-8-13(2)14(16)3/h5,8-9,12,15H,6-7,10-11H2,1-4H3. The molecule has 1 aromatic rings. The van der Waals surface area contributed by atoms with Crippen LogP contribution in [0.4, 0.5) is 0 Å². The highest BCUT2D eigenvalue weighted by Crippen LogP contribution is 2.23. The molecular formula is C17H25NO2. The number of carbonyl (C=O) groups excluding carboxylic acids is 1.